The lowest BCUT2D eigenvalue weighted by Gasteiger charge is -2.22. The second-order valence-electron chi connectivity index (χ2n) is 4.28. The normalized spacial score (nSPS) is 20.7. The van der Waals surface area contributed by atoms with E-state index in [-0.39, 0.29) is 0 Å². The minimum atomic E-state index is 0.788. The van der Waals surface area contributed by atoms with Gasteiger partial charge in [0, 0.05) is 0 Å². The van der Waals surface area contributed by atoms with Crippen LogP contribution in [0.1, 0.15) is 19.3 Å². The van der Waals surface area contributed by atoms with Crippen molar-refractivity contribution < 1.29 is 4.74 Å². The monoisotopic (exact) mass is 283 g/mol. The Morgan fingerprint density at radius 2 is 2.25 bits per heavy atom. The average Bonchev–Trinajstić information content (AvgIpc) is 2.33. The summed E-state index contributed by atoms with van der Waals surface area (Å²) in [4.78, 5) is 0. The van der Waals surface area contributed by atoms with Crippen molar-refractivity contribution in [1.82, 2.24) is 5.32 Å². The van der Waals surface area contributed by atoms with Crippen LogP contribution in [0.2, 0.25) is 0 Å². The van der Waals surface area contributed by atoms with E-state index < -0.39 is 0 Å². The van der Waals surface area contributed by atoms with Gasteiger partial charge in [-0.25, -0.2) is 0 Å². The molecule has 1 aliphatic rings. The highest BCUT2D eigenvalue weighted by molar-refractivity contribution is 9.10. The van der Waals surface area contributed by atoms with Gasteiger partial charge in [-0.15, -0.1) is 0 Å². The number of hydrogen-bond acceptors (Lipinski definition) is 2. The number of rotatable bonds is 4. The molecule has 1 aliphatic heterocycles. The first-order valence-corrected chi connectivity index (χ1v) is 6.73. The lowest BCUT2D eigenvalue weighted by molar-refractivity contribution is 0.253. The molecule has 2 rings (SSSR count). The summed E-state index contributed by atoms with van der Waals surface area (Å²) < 4.78 is 6.80. The molecule has 0 radical (unpaired) electrons. The molecular weight excluding hydrogens is 266 g/mol. The summed E-state index contributed by atoms with van der Waals surface area (Å²) in [6, 6.07) is 8.02. The molecule has 16 heavy (non-hydrogen) atoms. The van der Waals surface area contributed by atoms with Crippen molar-refractivity contribution in [3.8, 4) is 5.75 Å². The van der Waals surface area contributed by atoms with Crippen molar-refractivity contribution in [2.24, 2.45) is 5.92 Å². The van der Waals surface area contributed by atoms with Gasteiger partial charge in [-0.1, -0.05) is 12.1 Å². The topological polar surface area (TPSA) is 21.3 Å². The van der Waals surface area contributed by atoms with Gasteiger partial charge in [0.15, 0.2) is 0 Å². The van der Waals surface area contributed by atoms with E-state index >= 15 is 0 Å². The molecule has 1 saturated heterocycles. The molecule has 1 aromatic carbocycles. The van der Waals surface area contributed by atoms with Crippen molar-refractivity contribution in [3.63, 3.8) is 0 Å². The number of ether oxygens (including phenoxy) is 1. The van der Waals surface area contributed by atoms with Crippen molar-refractivity contribution in [1.29, 1.82) is 0 Å². The Labute approximate surface area is 106 Å². The van der Waals surface area contributed by atoms with Crippen LogP contribution in [-0.4, -0.2) is 19.7 Å². The summed E-state index contributed by atoms with van der Waals surface area (Å²) in [6.45, 7) is 3.15. The Balaban J connectivity index is 1.73. The zero-order valence-electron chi connectivity index (χ0n) is 9.42. The van der Waals surface area contributed by atoms with Crippen LogP contribution in [0.15, 0.2) is 28.7 Å². The van der Waals surface area contributed by atoms with Crippen LogP contribution < -0.4 is 10.1 Å². The summed E-state index contributed by atoms with van der Waals surface area (Å²) in [5.41, 5.74) is 0. The third-order valence-electron chi connectivity index (χ3n) is 3.02. The fraction of sp³-hybridized carbons (Fsp3) is 0.538. The van der Waals surface area contributed by atoms with E-state index in [0.717, 1.165) is 35.7 Å². The summed E-state index contributed by atoms with van der Waals surface area (Å²) >= 11 is 3.49. The number of benzene rings is 1. The van der Waals surface area contributed by atoms with Gasteiger partial charge in [-0.2, -0.15) is 0 Å². The molecule has 0 unspecified atom stereocenters. The summed E-state index contributed by atoms with van der Waals surface area (Å²) in [5.74, 6) is 1.74. The molecule has 3 heteroatoms. The van der Waals surface area contributed by atoms with Crippen molar-refractivity contribution in [2.75, 3.05) is 19.7 Å². The van der Waals surface area contributed by atoms with E-state index in [1.54, 1.807) is 0 Å². The molecule has 1 heterocycles. The van der Waals surface area contributed by atoms with Crippen molar-refractivity contribution >= 4 is 15.9 Å². The van der Waals surface area contributed by atoms with Crippen LogP contribution in [0.3, 0.4) is 0 Å². The molecule has 2 nitrogen and oxygen atoms in total. The van der Waals surface area contributed by atoms with Crippen LogP contribution in [0.5, 0.6) is 5.75 Å². The third kappa shape index (κ3) is 3.49. The Morgan fingerprint density at radius 3 is 3.00 bits per heavy atom. The molecule has 0 bridgehead atoms. The van der Waals surface area contributed by atoms with Gasteiger partial charge in [-0.05, 0) is 66.3 Å². The molecular formula is C13H18BrNO. The zero-order chi connectivity index (χ0) is 11.2. The van der Waals surface area contributed by atoms with Crippen LogP contribution in [0.4, 0.5) is 0 Å². The average molecular weight is 284 g/mol. The lowest BCUT2D eigenvalue weighted by atomic mass is 9.97. The summed E-state index contributed by atoms with van der Waals surface area (Å²) in [5, 5.41) is 3.43. The Bertz CT molecular complexity index is 323. The third-order valence-corrected chi connectivity index (χ3v) is 3.67. The maximum Gasteiger partial charge on any atom is 0.133 e. The zero-order valence-corrected chi connectivity index (χ0v) is 11.0. The minimum absolute atomic E-state index is 0.788. The van der Waals surface area contributed by atoms with Gasteiger partial charge in [0.25, 0.3) is 0 Å². The smallest absolute Gasteiger partial charge is 0.133 e. The van der Waals surface area contributed by atoms with E-state index in [0.29, 0.717) is 0 Å². The van der Waals surface area contributed by atoms with E-state index in [4.69, 9.17) is 4.74 Å². The Morgan fingerprint density at radius 1 is 1.38 bits per heavy atom. The fourth-order valence-corrected chi connectivity index (χ4v) is 2.47. The quantitative estimate of drug-likeness (QED) is 0.916. The maximum absolute atomic E-state index is 5.76. The first-order chi connectivity index (χ1) is 7.86. The van der Waals surface area contributed by atoms with Crippen LogP contribution >= 0.6 is 15.9 Å². The molecule has 0 saturated carbocycles. The number of piperidine rings is 1. The molecule has 1 N–H and O–H groups in total. The molecule has 0 aliphatic carbocycles. The van der Waals surface area contributed by atoms with Crippen LogP contribution in [-0.2, 0) is 0 Å². The van der Waals surface area contributed by atoms with Crippen LogP contribution in [0.25, 0.3) is 0 Å². The first kappa shape index (κ1) is 11.9. The molecule has 0 aromatic heterocycles. The first-order valence-electron chi connectivity index (χ1n) is 5.94. The van der Waals surface area contributed by atoms with Gasteiger partial charge in [0.05, 0.1) is 11.1 Å². The summed E-state index contributed by atoms with van der Waals surface area (Å²) in [6.07, 6.45) is 3.79. The number of halogens is 1. The predicted molar refractivity (Wildman–Crippen MR) is 69.8 cm³/mol. The second kappa shape index (κ2) is 6.26. The SMILES string of the molecule is Brc1ccccc1OCC[C@H]1CCCNC1. The van der Waals surface area contributed by atoms with Gasteiger partial charge in [0.1, 0.15) is 5.75 Å². The van der Waals surface area contributed by atoms with E-state index in [1.807, 2.05) is 24.3 Å². The number of para-hydroxylation sites is 1. The lowest BCUT2D eigenvalue weighted by Crippen LogP contribution is -2.30. The fourth-order valence-electron chi connectivity index (χ4n) is 2.07. The minimum Gasteiger partial charge on any atom is -0.492 e. The number of hydrogen-bond donors (Lipinski definition) is 1. The van der Waals surface area contributed by atoms with E-state index in [2.05, 4.69) is 21.2 Å². The largest absolute Gasteiger partial charge is 0.492 e. The summed E-state index contributed by atoms with van der Waals surface area (Å²) in [7, 11) is 0. The molecule has 1 atom stereocenters. The second-order valence-corrected chi connectivity index (χ2v) is 5.13. The molecule has 1 fully saturated rings. The molecule has 88 valence electrons. The van der Waals surface area contributed by atoms with Crippen molar-refractivity contribution in [3.05, 3.63) is 28.7 Å². The van der Waals surface area contributed by atoms with E-state index in [9.17, 15) is 0 Å². The Hall–Kier alpha value is -0.540. The van der Waals surface area contributed by atoms with Crippen molar-refractivity contribution in [2.45, 2.75) is 19.3 Å². The van der Waals surface area contributed by atoms with Gasteiger partial charge in [0.2, 0.25) is 0 Å². The standard InChI is InChI=1S/C13H18BrNO/c14-12-5-1-2-6-13(12)16-9-7-11-4-3-8-15-10-11/h1-2,5-6,11,15H,3-4,7-10H2/t11-/m1/s1. The van der Waals surface area contributed by atoms with E-state index in [1.165, 1.54) is 19.4 Å². The van der Waals surface area contributed by atoms with Gasteiger partial charge >= 0.3 is 0 Å². The highest BCUT2D eigenvalue weighted by atomic mass is 79.9. The maximum atomic E-state index is 5.76. The number of nitrogens with one attached hydrogen (secondary N) is 1. The van der Waals surface area contributed by atoms with Gasteiger partial charge in [-0.3, -0.25) is 0 Å². The molecule has 0 spiro atoms. The predicted octanol–water partition coefficient (Wildman–Crippen LogP) is 3.22. The van der Waals surface area contributed by atoms with Gasteiger partial charge < -0.3 is 10.1 Å². The highest BCUT2D eigenvalue weighted by Gasteiger charge is 2.12. The highest BCUT2D eigenvalue weighted by Crippen LogP contribution is 2.24. The molecule has 1 aromatic rings. The molecule has 0 amide bonds. The van der Waals surface area contributed by atoms with Crippen LogP contribution in [0, 0.1) is 5.92 Å². The Kier molecular flexibility index (Phi) is 4.67.